The third-order valence-electron chi connectivity index (χ3n) is 3.82. The average molecular weight is 274 g/mol. The SMILES string of the molecule is Cn1ncc2c(N3CCC[C@H](CC(N)=O)C3)ncnc21. The number of anilines is 1. The summed E-state index contributed by atoms with van der Waals surface area (Å²) in [6.45, 7) is 1.75. The molecule has 0 radical (unpaired) electrons. The van der Waals surface area contributed by atoms with Gasteiger partial charge in [-0.05, 0) is 18.8 Å². The number of nitrogens with zero attached hydrogens (tertiary/aromatic N) is 5. The maximum absolute atomic E-state index is 11.1. The summed E-state index contributed by atoms with van der Waals surface area (Å²) in [7, 11) is 1.87. The summed E-state index contributed by atoms with van der Waals surface area (Å²) in [5.41, 5.74) is 6.13. The molecule has 0 spiro atoms. The number of piperidine rings is 1. The third-order valence-corrected chi connectivity index (χ3v) is 3.82. The quantitative estimate of drug-likeness (QED) is 0.878. The van der Waals surface area contributed by atoms with Crippen molar-refractivity contribution in [3.05, 3.63) is 12.5 Å². The predicted molar refractivity (Wildman–Crippen MR) is 75.1 cm³/mol. The van der Waals surface area contributed by atoms with Crippen molar-refractivity contribution in [1.82, 2.24) is 19.7 Å². The van der Waals surface area contributed by atoms with Crippen LogP contribution < -0.4 is 10.6 Å². The van der Waals surface area contributed by atoms with Crippen LogP contribution in [0, 0.1) is 5.92 Å². The number of rotatable bonds is 3. The van der Waals surface area contributed by atoms with E-state index < -0.39 is 0 Å². The predicted octanol–water partition coefficient (Wildman–Crippen LogP) is 0.455. The van der Waals surface area contributed by atoms with Crippen LogP contribution in [0.1, 0.15) is 19.3 Å². The fourth-order valence-electron chi connectivity index (χ4n) is 2.91. The van der Waals surface area contributed by atoms with Crippen LogP contribution in [0.2, 0.25) is 0 Å². The molecule has 2 aromatic heterocycles. The number of hydrogen-bond donors (Lipinski definition) is 1. The van der Waals surface area contributed by atoms with E-state index in [2.05, 4.69) is 20.0 Å². The van der Waals surface area contributed by atoms with E-state index in [9.17, 15) is 4.79 Å². The molecule has 2 N–H and O–H groups in total. The van der Waals surface area contributed by atoms with E-state index in [1.165, 1.54) is 0 Å². The second kappa shape index (κ2) is 5.07. The van der Waals surface area contributed by atoms with Gasteiger partial charge in [0.15, 0.2) is 5.65 Å². The first-order valence-electron chi connectivity index (χ1n) is 6.81. The second-order valence-corrected chi connectivity index (χ2v) is 5.33. The van der Waals surface area contributed by atoms with Gasteiger partial charge >= 0.3 is 0 Å². The summed E-state index contributed by atoms with van der Waals surface area (Å²) >= 11 is 0. The summed E-state index contributed by atoms with van der Waals surface area (Å²) in [4.78, 5) is 22.0. The van der Waals surface area contributed by atoms with Crippen LogP contribution in [0.5, 0.6) is 0 Å². The Morgan fingerprint density at radius 1 is 1.50 bits per heavy atom. The maximum Gasteiger partial charge on any atom is 0.217 e. The molecule has 1 saturated heterocycles. The molecule has 3 heterocycles. The van der Waals surface area contributed by atoms with Gasteiger partial charge in [-0.15, -0.1) is 0 Å². The van der Waals surface area contributed by atoms with Crippen molar-refractivity contribution >= 4 is 22.8 Å². The number of nitrogens with two attached hydrogens (primary N) is 1. The highest BCUT2D eigenvalue weighted by molar-refractivity contribution is 5.86. The number of aromatic nitrogens is 4. The summed E-state index contributed by atoms with van der Waals surface area (Å²) in [5.74, 6) is 0.978. The van der Waals surface area contributed by atoms with Crippen LogP contribution in [-0.4, -0.2) is 38.7 Å². The second-order valence-electron chi connectivity index (χ2n) is 5.33. The van der Waals surface area contributed by atoms with Crippen molar-refractivity contribution in [1.29, 1.82) is 0 Å². The minimum atomic E-state index is -0.230. The lowest BCUT2D eigenvalue weighted by Gasteiger charge is -2.33. The largest absolute Gasteiger partial charge is 0.370 e. The topological polar surface area (TPSA) is 89.9 Å². The Morgan fingerprint density at radius 3 is 3.15 bits per heavy atom. The molecule has 0 bridgehead atoms. The lowest BCUT2D eigenvalue weighted by molar-refractivity contribution is -0.118. The van der Waals surface area contributed by atoms with Crippen LogP contribution in [0.15, 0.2) is 12.5 Å². The third kappa shape index (κ3) is 2.31. The number of amides is 1. The molecule has 7 nitrogen and oxygen atoms in total. The Balaban J connectivity index is 1.88. The van der Waals surface area contributed by atoms with Crippen LogP contribution in [-0.2, 0) is 11.8 Å². The summed E-state index contributed by atoms with van der Waals surface area (Å²) in [6.07, 6.45) is 5.89. The van der Waals surface area contributed by atoms with Crippen molar-refractivity contribution in [3.8, 4) is 0 Å². The van der Waals surface area contributed by atoms with E-state index in [0.717, 1.165) is 42.8 Å². The number of fused-ring (bicyclic) bond motifs is 1. The van der Waals surface area contributed by atoms with Gasteiger partial charge in [-0.1, -0.05) is 0 Å². The highest BCUT2D eigenvalue weighted by atomic mass is 16.1. The van der Waals surface area contributed by atoms with Gasteiger partial charge < -0.3 is 10.6 Å². The molecule has 1 fully saturated rings. The molecule has 2 aromatic rings. The van der Waals surface area contributed by atoms with E-state index in [1.54, 1.807) is 17.2 Å². The van der Waals surface area contributed by atoms with E-state index in [1.807, 2.05) is 7.05 Å². The normalized spacial score (nSPS) is 19.4. The molecule has 20 heavy (non-hydrogen) atoms. The zero-order valence-corrected chi connectivity index (χ0v) is 11.5. The minimum Gasteiger partial charge on any atom is -0.370 e. The molecule has 106 valence electrons. The van der Waals surface area contributed by atoms with Crippen molar-refractivity contribution in [2.75, 3.05) is 18.0 Å². The van der Waals surface area contributed by atoms with E-state index in [4.69, 9.17) is 5.73 Å². The van der Waals surface area contributed by atoms with Gasteiger partial charge in [0.05, 0.1) is 11.6 Å². The zero-order chi connectivity index (χ0) is 14.1. The molecule has 0 saturated carbocycles. The molecular weight excluding hydrogens is 256 g/mol. The fourth-order valence-corrected chi connectivity index (χ4v) is 2.91. The van der Waals surface area contributed by atoms with Gasteiger partial charge in [-0.25, -0.2) is 9.97 Å². The Kier molecular flexibility index (Phi) is 3.25. The van der Waals surface area contributed by atoms with Crippen molar-refractivity contribution in [2.24, 2.45) is 18.7 Å². The number of aryl methyl sites for hydroxylation is 1. The van der Waals surface area contributed by atoms with E-state index in [-0.39, 0.29) is 5.91 Å². The van der Waals surface area contributed by atoms with Gasteiger partial charge in [0, 0.05) is 26.6 Å². The highest BCUT2D eigenvalue weighted by Crippen LogP contribution is 2.28. The molecule has 1 aliphatic rings. The van der Waals surface area contributed by atoms with Crippen molar-refractivity contribution in [3.63, 3.8) is 0 Å². The minimum absolute atomic E-state index is 0.230. The Hall–Kier alpha value is -2.18. The fraction of sp³-hybridized carbons (Fsp3) is 0.538. The molecule has 1 aliphatic heterocycles. The van der Waals surface area contributed by atoms with Gasteiger partial charge in [-0.2, -0.15) is 5.10 Å². The number of primary amides is 1. The smallest absolute Gasteiger partial charge is 0.217 e. The number of hydrogen-bond acceptors (Lipinski definition) is 5. The molecule has 1 amide bonds. The average Bonchev–Trinajstić information content (AvgIpc) is 2.80. The molecule has 3 rings (SSSR count). The molecular formula is C13H18N6O. The number of carbonyl (C=O) groups excluding carboxylic acids is 1. The van der Waals surface area contributed by atoms with E-state index >= 15 is 0 Å². The van der Waals surface area contributed by atoms with Crippen LogP contribution in [0.3, 0.4) is 0 Å². The Labute approximate surface area is 116 Å². The summed E-state index contributed by atoms with van der Waals surface area (Å²) in [5, 5.41) is 5.19. The van der Waals surface area contributed by atoms with Gasteiger partial charge in [0.25, 0.3) is 0 Å². The summed E-state index contributed by atoms with van der Waals surface area (Å²) < 4.78 is 1.74. The van der Waals surface area contributed by atoms with Gasteiger partial charge in [-0.3, -0.25) is 9.48 Å². The van der Waals surface area contributed by atoms with Crippen LogP contribution in [0.25, 0.3) is 11.0 Å². The first-order chi connectivity index (χ1) is 9.65. The monoisotopic (exact) mass is 274 g/mol. The highest BCUT2D eigenvalue weighted by Gasteiger charge is 2.24. The zero-order valence-electron chi connectivity index (χ0n) is 11.5. The molecule has 0 aliphatic carbocycles. The molecule has 1 atom stereocenters. The van der Waals surface area contributed by atoms with Crippen molar-refractivity contribution in [2.45, 2.75) is 19.3 Å². The number of carbonyl (C=O) groups is 1. The molecule has 0 aromatic carbocycles. The Bertz CT molecular complexity index is 637. The maximum atomic E-state index is 11.1. The molecule has 7 heteroatoms. The molecule has 0 unspecified atom stereocenters. The van der Waals surface area contributed by atoms with Crippen molar-refractivity contribution < 1.29 is 4.79 Å². The van der Waals surface area contributed by atoms with E-state index in [0.29, 0.717) is 12.3 Å². The summed E-state index contributed by atoms with van der Waals surface area (Å²) in [6, 6.07) is 0. The lowest BCUT2D eigenvalue weighted by atomic mass is 9.94. The standard InChI is InChI=1S/C13H18N6O/c1-18-12-10(6-17-18)13(16-8-15-12)19-4-2-3-9(7-19)5-11(14)20/h6,8-9H,2-5,7H2,1H3,(H2,14,20)/t9-/m1/s1. The lowest BCUT2D eigenvalue weighted by Crippen LogP contribution is -2.37. The van der Waals surface area contributed by atoms with Gasteiger partial charge in [0.1, 0.15) is 12.1 Å². The van der Waals surface area contributed by atoms with Crippen LogP contribution in [0.4, 0.5) is 5.82 Å². The van der Waals surface area contributed by atoms with Crippen LogP contribution >= 0.6 is 0 Å². The van der Waals surface area contributed by atoms with Gasteiger partial charge in [0.2, 0.25) is 5.91 Å². The first-order valence-corrected chi connectivity index (χ1v) is 6.81. The Morgan fingerprint density at radius 2 is 2.35 bits per heavy atom. The first kappa shape index (κ1) is 12.8.